The lowest BCUT2D eigenvalue weighted by molar-refractivity contribution is -0.136. The minimum atomic E-state index is -3.37. The Balaban J connectivity index is 1.32. The van der Waals surface area contributed by atoms with Crippen LogP contribution in [-0.2, 0) is 25.8 Å². The summed E-state index contributed by atoms with van der Waals surface area (Å²) in [6.45, 7) is 0.586. The van der Waals surface area contributed by atoms with Crippen molar-refractivity contribution in [2.45, 2.75) is 75.6 Å². The number of sulfone groups is 1. The van der Waals surface area contributed by atoms with E-state index in [0.717, 1.165) is 31.7 Å². The molecule has 4 rings (SSSR count). The maximum absolute atomic E-state index is 14.0. The van der Waals surface area contributed by atoms with E-state index < -0.39 is 33.3 Å². The van der Waals surface area contributed by atoms with Gasteiger partial charge in [0.05, 0.1) is 17.6 Å². The van der Waals surface area contributed by atoms with Crippen LogP contribution in [0, 0.1) is 23.4 Å². The number of carbonyl (C=O) groups is 1. The number of nitrogens with two attached hydrogens (primary N) is 1. The van der Waals surface area contributed by atoms with Crippen molar-refractivity contribution >= 4 is 15.7 Å². The Labute approximate surface area is 192 Å². The van der Waals surface area contributed by atoms with Gasteiger partial charge in [-0.05, 0) is 62.5 Å². The summed E-state index contributed by atoms with van der Waals surface area (Å²) in [7, 11) is -3.37. The van der Waals surface area contributed by atoms with Gasteiger partial charge in [0.1, 0.15) is 5.82 Å². The summed E-state index contributed by atoms with van der Waals surface area (Å²) in [5.74, 6) is -3.51. The van der Waals surface area contributed by atoms with Crippen molar-refractivity contribution in [2.24, 2.45) is 11.7 Å². The van der Waals surface area contributed by atoms with Crippen molar-refractivity contribution in [3.05, 3.63) is 35.1 Å². The minimum Gasteiger partial charge on any atom is -0.377 e. The molecule has 3 unspecified atom stereocenters. The van der Waals surface area contributed by atoms with Crippen LogP contribution in [0.3, 0.4) is 0 Å². The normalized spacial score (nSPS) is 28.3. The molecule has 0 spiro atoms. The van der Waals surface area contributed by atoms with Crippen LogP contribution in [0.25, 0.3) is 0 Å². The molecule has 3 heterocycles. The molecule has 3 saturated heterocycles. The first-order valence-electron chi connectivity index (χ1n) is 11.6. The molecule has 33 heavy (non-hydrogen) atoms. The Bertz CT molecular complexity index is 970. The molecule has 2 bridgehead atoms. The minimum absolute atomic E-state index is 0.0160. The zero-order valence-electron chi connectivity index (χ0n) is 18.5. The summed E-state index contributed by atoms with van der Waals surface area (Å²) in [6, 6.07) is 0.895. The van der Waals surface area contributed by atoms with Gasteiger partial charge in [-0.2, -0.15) is 0 Å². The third-order valence-electron chi connectivity index (χ3n) is 7.30. The quantitative estimate of drug-likeness (QED) is 0.569. The number of piperidine rings is 1. The monoisotopic (exact) mass is 488 g/mol. The molecule has 0 radical (unpaired) electrons. The van der Waals surface area contributed by atoms with Crippen LogP contribution < -0.4 is 5.73 Å². The van der Waals surface area contributed by atoms with Crippen molar-refractivity contribution in [3.63, 3.8) is 0 Å². The first-order valence-corrected chi connectivity index (χ1v) is 13.5. The predicted octanol–water partition coefficient (Wildman–Crippen LogP) is 2.73. The lowest BCUT2D eigenvalue weighted by Crippen LogP contribution is -2.50. The van der Waals surface area contributed by atoms with Crippen molar-refractivity contribution in [2.75, 3.05) is 18.1 Å². The highest BCUT2D eigenvalue weighted by Crippen LogP contribution is 2.40. The summed E-state index contributed by atoms with van der Waals surface area (Å²) in [5.41, 5.74) is 6.37. The number of hydrogen-bond donors (Lipinski definition) is 1. The molecule has 3 aliphatic rings. The number of ether oxygens (including phenoxy) is 1. The Kier molecular flexibility index (Phi) is 7.35. The van der Waals surface area contributed by atoms with Crippen LogP contribution in [0.1, 0.15) is 50.5 Å². The summed E-state index contributed by atoms with van der Waals surface area (Å²) < 4.78 is 70.9. The van der Waals surface area contributed by atoms with Crippen molar-refractivity contribution in [1.82, 2.24) is 4.90 Å². The van der Waals surface area contributed by atoms with E-state index in [-0.39, 0.29) is 59.9 Å². The molecule has 0 aromatic heterocycles. The van der Waals surface area contributed by atoms with Gasteiger partial charge in [0, 0.05) is 37.2 Å². The summed E-state index contributed by atoms with van der Waals surface area (Å²) >= 11 is 0. The van der Waals surface area contributed by atoms with E-state index in [4.69, 9.17) is 10.5 Å². The SMILES string of the molecule is NC(Cc1cc(F)c(F)cc1F)C1C[C@H]2CC[C@@H](C1)N2C(=O)CCS(=O)(=O)CC1CCCO1. The van der Waals surface area contributed by atoms with Crippen LogP contribution in [0.15, 0.2) is 12.1 Å². The molecule has 0 aliphatic carbocycles. The second-order valence-corrected chi connectivity index (χ2v) is 11.9. The van der Waals surface area contributed by atoms with Gasteiger partial charge < -0.3 is 15.4 Å². The van der Waals surface area contributed by atoms with Gasteiger partial charge >= 0.3 is 0 Å². The Morgan fingerprint density at radius 1 is 1.09 bits per heavy atom. The highest BCUT2D eigenvalue weighted by molar-refractivity contribution is 7.91. The lowest BCUT2D eigenvalue weighted by atomic mass is 9.82. The molecule has 5 atom stereocenters. The van der Waals surface area contributed by atoms with Crippen LogP contribution in [-0.4, -0.2) is 61.6 Å². The van der Waals surface area contributed by atoms with Crippen LogP contribution in [0.4, 0.5) is 13.2 Å². The number of rotatable bonds is 8. The van der Waals surface area contributed by atoms with Gasteiger partial charge in [0.15, 0.2) is 21.5 Å². The fraction of sp³-hybridized carbons (Fsp3) is 0.696. The molecule has 10 heteroatoms. The Hall–Kier alpha value is -1.65. The van der Waals surface area contributed by atoms with E-state index in [0.29, 0.717) is 25.5 Å². The fourth-order valence-electron chi connectivity index (χ4n) is 5.63. The van der Waals surface area contributed by atoms with Crippen LogP contribution >= 0.6 is 0 Å². The largest absolute Gasteiger partial charge is 0.377 e. The molecule has 3 fully saturated rings. The number of hydrogen-bond acceptors (Lipinski definition) is 5. The third kappa shape index (κ3) is 5.71. The number of fused-ring (bicyclic) bond motifs is 2. The summed E-state index contributed by atoms with van der Waals surface area (Å²) in [5, 5.41) is 0. The second kappa shape index (κ2) is 9.92. The van der Waals surface area contributed by atoms with Gasteiger partial charge in [-0.25, -0.2) is 21.6 Å². The fourth-order valence-corrected chi connectivity index (χ4v) is 7.11. The highest BCUT2D eigenvalue weighted by Gasteiger charge is 2.44. The maximum Gasteiger partial charge on any atom is 0.224 e. The topological polar surface area (TPSA) is 89.7 Å². The van der Waals surface area contributed by atoms with E-state index >= 15 is 0 Å². The molecular formula is C23H31F3N2O4S. The zero-order chi connectivity index (χ0) is 23.8. The molecular weight excluding hydrogens is 457 g/mol. The van der Waals surface area contributed by atoms with Crippen LogP contribution in [0.5, 0.6) is 0 Å². The first kappa shape index (κ1) is 24.5. The molecule has 6 nitrogen and oxygen atoms in total. The number of carbonyl (C=O) groups excluding carboxylic acids is 1. The number of halogens is 3. The van der Waals surface area contributed by atoms with E-state index in [2.05, 4.69) is 0 Å². The number of benzene rings is 1. The molecule has 184 valence electrons. The van der Waals surface area contributed by atoms with Gasteiger partial charge in [0.2, 0.25) is 5.91 Å². The average Bonchev–Trinajstić information content (AvgIpc) is 3.35. The zero-order valence-corrected chi connectivity index (χ0v) is 19.3. The van der Waals surface area contributed by atoms with E-state index in [1.54, 1.807) is 0 Å². The van der Waals surface area contributed by atoms with Gasteiger partial charge in [-0.3, -0.25) is 4.79 Å². The average molecular weight is 489 g/mol. The Morgan fingerprint density at radius 2 is 1.76 bits per heavy atom. The van der Waals surface area contributed by atoms with Crippen molar-refractivity contribution in [3.8, 4) is 0 Å². The standard InChI is InChI=1S/C23H31F3N2O4S/c24-19-12-21(26)20(25)10-14(19)11-22(27)15-8-16-3-4-17(9-15)28(16)23(29)5-7-33(30,31)13-18-2-1-6-32-18/h10,12,15-18,22H,1-9,11,13,27H2/t15?,16-,17+,18?,22?. The predicted molar refractivity (Wildman–Crippen MR) is 117 cm³/mol. The molecule has 1 amide bonds. The van der Waals surface area contributed by atoms with Gasteiger partial charge in [-0.1, -0.05) is 0 Å². The molecule has 1 aromatic carbocycles. The van der Waals surface area contributed by atoms with E-state index in [1.807, 2.05) is 4.90 Å². The van der Waals surface area contributed by atoms with Gasteiger partial charge in [0.25, 0.3) is 0 Å². The first-order chi connectivity index (χ1) is 15.6. The van der Waals surface area contributed by atoms with Crippen molar-refractivity contribution in [1.29, 1.82) is 0 Å². The van der Waals surface area contributed by atoms with E-state index in [1.165, 1.54) is 0 Å². The molecule has 1 aromatic rings. The molecule has 2 N–H and O–H groups in total. The van der Waals surface area contributed by atoms with Crippen molar-refractivity contribution < 1.29 is 31.1 Å². The Morgan fingerprint density at radius 3 is 2.39 bits per heavy atom. The lowest BCUT2D eigenvalue weighted by Gasteiger charge is -2.41. The highest BCUT2D eigenvalue weighted by atomic mass is 32.2. The third-order valence-corrected chi connectivity index (χ3v) is 9.00. The summed E-state index contributed by atoms with van der Waals surface area (Å²) in [4.78, 5) is 14.7. The van der Waals surface area contributed by atoms with Gasteiger partial charge in [-0.15, -0.1) is 0 Å². The summed E-state index contributed by atoms with van der Waals surface area (Å²) in [6.07, 6.45) is 4.29. The number of nitrogens with zero attached hydrogens (tertiary/aromatic N) is 1. The molecule has 3 aliphatic heterocycles. The van der Waals surface area contributed by atoms with Crippen LogP contribution in [0.2, 0.25) is 0 Å². The number of amides is 1. The maximum atomic E-state index is 14.0. The smallest absolute Gasteiger partial charge is 0.224 e. The van der Waals surface area contributed by atoms with E-state index in [9.17, 15) is 26.4 Å². The molecule has 0 saturated carbocycles. The second-order valence-electron chi connectivity index (χ2n) is 9.64.